The minimum atomic E-state index is 0.510. The van der Waals surface area contributed by atoms with E-state index in [4.69, 9.17) is 0 Å². The van der Waals surface area contributed by atoms with Crippen LogP contribution in [0.4, 0.5) is 0 Å². The van der Waals surface area contributed by atoms with E-state index in [0.29, 0.717) is 12.0 Å². The van der Waals surface area contributed by atoms with Crippen molar-refractivity contribution in [1.29, 1.82) is 0 Å². The Morgan fingerprint density at radius 1 is 1.21 bits per heavy atom. The Morgan fingerprint density at radius 3 is 2.79 bits per heavy atom. The standard InChI is InChI=1S/C11H6N2O/c14-7-3-4-9-8-12-10-5-1-2-6-11(10)13-9/h1-2,5-8H. The third-order valence-electron chi connectivity index (χ3n) is 1.71. The van der Waals surface area contributed by atoms with Crippen LogP contribution in [0.25, 0.3) is 11.0 Å². The van der Waals surface area contributed by atoms with Crippen LogP contribution in [0.1, 0.15) is 5.69 Å². The summed E-state index contributed by atoms with van der Waals surface area (Å²) >= 11 is 0. The fourth-order valence-electron chi connectivity index (χ4n) is 1.12. The molecular weight excluding hydrogens is 176 g/mol. The Morgan fingerprint density at radius 2 is 2.00 bits per heavy atom. The van der Waals surface area contributed by atoms with Crippen LogP contribution in [-0.2, 0) is 4.79 Å². The average molecular weight is 182 g/mol. The monoisotopic (exact) mass is 182 g/mol. The molecule has 0 aliphatic carbocycles. The van der Waals surface area contributed by atoms with E-state index in [9.17, 15) is 4.79 Å². The van der Waals surface area contributed by atoms with Gasteiger partial charge in [-0.2, -0.15) is 0 Å². The number of hydrogen-bond donors (Lipinski definition) is 0. The van der Waals surface area contributed by atoms with Crippen LogP contribution in [0, 0.1) is 11.8 Å². The molecular formula is C11H6N2O. The Kier molecular flexibility index (Phi) is 2.20. The summed E-state index contributed by atoms with van der Waals surface area (Å²) < 4.78 is 0. The molecule has 66 valence electrons. The van der Waals surface area contributed by atoms with Crippen LogP contribution in [0.5, 0.6) is 0 Å². The lowest BCUT2D eigenvalue weighted by Crippen LogP contribution is -1.87. The third-order valence-corrected chi connectivity index (χ3v) is 1.71. The van der Waals surface area contributed by atoms with E-state index in [1.807, 2.05) is 24.3 Å². The Labute approximate surface area is 80.8 Å². The number of benzene rings is 1. The van der Waals surface area contributed by atoms with Gasteiger partial charge in [-0.05, 0) is 24.0 Å². The van der Waals surface area contributed by atoms with E-state index in [1.54, 1.807) is 6.20 Å². The molecule has 3 heteroatoms. The number of para-hydroxylation sites is 2. The number of aldehydes is 1. The Balaban J connectivity index is 2.56. The second-order valence-corrected chi connectivity index (χ2v) is 2.63. The predicted molar refractivity (Wildman–Crippen MR) is 52.5 cm³/mol. The minimum Gasteiger partial charge on any atom is -0.289 e. The normalized spacial score (nSPS) is 9.14. The first kappa shape index (κ1) is 8.39. The highest BCUT2D eigenvalue weighted by Crippen LogP contribution is 2.07. The lowest BCUT2D eigenvalue weighted by molar-refractivity contribution is -0.103. The summed E-state index contributed by atoms with van der Waals surface area (Å²) in [7, 11) is 0. The molecule has 0 atom stereocenters. The van der Waals surface area contributed by atoms with Crippen LogP contribution in [0.15, 0.2) is 30.5 Å². The molecule has 0 aliphatic heterocycles. The molecule has 0 radical (unpaired) electrons. The highest BCUT2D eigenvalue weighted by molar-refractivity contribution is 5.76. The van der Waals surface area contributed by atoms with Gasteiger partial charge < -0.3 is 0 Å². The molecule has 0 spiro atoms. The molecule has 2 aromatic rings. The van der Waals surface area contributed by atoms with E-state index in [1.165, 1.54) is 0 Å². The number of carbonyl (C=O) groups excluding carboxylic acids is 1. The van der Waals surface area contributed by atoms with Gasteiger partial charge in [-0.3, -0.25) is 9.78 Å². The molecule has 0 saturated carbocycles. The quantitative estimate of drug-likeness (QED) is 0.454. The third kappa shape index (κ3) is 1.59. The zero-order chi connectivity index (χ0) is 9.80. The molecule has 14 heavy (non-hydrogen) atoms. The van der Waals surface area contributed by atoms with Crippen molar-refractivity contribution < 1.29 is 4.79 Å². The molecule has 1 aromatic heterocycles. The van der Waals surface area contributed by atoms with Gasteiger partial charge in [0.2, 0.25) is 0 Å². The second-order valence-electron chi connectivity index (χ2n) is 2.63. The summed E-state index contributed by atoms with van der Waals surface area (Å²) in [6.45, 7) is 0. The Bertz CT molecular complexity index is 537. The molecule has 0 unspecified atom stereocenters. The molecule has 0 saturated heterocycles. The van der Waals surface area contributed by atoms with Gasteiger partial charge in [-0.15, -0.1) is 0 Å². The summed E-state index contributed by atoms with van der Waals surface area (Å²) in [4.78, 5) is 18.4. The summed E-state index contributed by atoms with van der Waals surface area (Å²) in [5.74, 6) is 4.89. The molecule has 3 nitrogen and oxygen atoms in total. The lowest BCUT2D eigenvalue weighted by Gasteiger charge is -1.94. The largest absolute Gasteiger partial charge is 0.289 e. The number of nitrogens with zero attached hydrogens (tertiary/aromatic N) is 2. The minimum absolute atomic E-state index is 0.510. The number of aromatic nitrogens is 2. The molecule has 0 bridgehead atoms. The van der Waals surface area contributed by atoms with E-state index in [2.05, 4.69) is 21.8 Å². The summed E-state index contributed by atoms with van der Waals surface area (Å²) in [5.41, 5.74) is 2.12. The first-order chi connectivity index (χ1) is 6.90. The van der Waals surface area contributed by atoms with Gasteiger partial charge in [0.05, 0.1) is 17.2 Å². The summed E-state index contributed by atoms with van der Waals surface area (Å²) in [5, 5.41) is 0. The van der Waals surface area contributed by atoms with E-state index in [0.717, 1.165) is 11.0 Å². The number of carbonyl (C=O) groups is 1. The maximum atomic E-state index is 10.0. The van der Waals surface area contributed by atoms with Crippen molar-refractivity contribution >= 4 is 17.3 Å². The SMILES string of the molecule is O=CC#Cc1cnc2ccccc2n1. The Hall–Kier alpha value is -2.21. The zero-order valence-electron chi connectivity index (χ0n) is 7.27. The highest BCUT2D eigenvalue weighted by Gasteiger charge is 1.94. The van der Waals surface area contributed by atoms with E-state index in [-0.39, 0.29) is 0 Å². The second kappa shape index (κ2) is 3.67. The van der Waals surface area contributed by atoms with Gasteiger partial charge in [0, 0.05) is 0 Å². The molecule has 0 aliphatic rings. The maximum Gasteiger partial charge on any atom is 0.193 e. The van der Waals surface area contributed by atoms with Crippen molar-refractivity contribution in [2.24, 2.45) is 0 Å². The fourth-order valence-corrected chi connectivity index (χ4v) is 1.12. The average Bonchev–Trinajstić information content (AvgIpc) is 2.26. The first-order valence-electron chi connectivity index (χ1n) is 4.07. The van der Waals surface area contributed by atoms with Crippen molar-refractivity contribution in [3.05, 3.63) is 36.2 Å². The van der Waals surface area contributed by atoms with Crippen LogP contribution in [0.3, 0.4) is 0 Å². The van der Waals surface area contributed by atoms with Gasteiger partial charge in [-0.1, -0.05) is 12.1 Å². The first-order valence-corrected chi connectivity index (χ1v) is 4.07. The number of rotatable bonds is 0. The number of fused-ring (bicyclic) bond motifs is 1. The molecule has 1 heterocycles. The van der Waals surface area contributed by atoms with Crippen LogP contribution in [-0.4, -0.2) is 16.3 Å². The van der Waals surface area contributed by atoms with E-state index < -0.39 is 0 Å². The smallest absolute Gasteiger partial charge is 0.193 e. The van der Waals surface area contributed by atoms with Crippen molar-refractivity contribution in [2.75, 3.05) is 0 Å². The molecule has 0 amide bonds. The summed E-state index contributed by atoms with van der Waals surface area (Å²) in [6.07, 6.45) is 2.09. The molecule has 0 N–H and O–H groups in total. The molecule has 0 fully saturated rings. The van der Waals surface area contributed by atoms with Crippen molar-refractivity contribution in [1.82, 2.24) is 9.97 Å². The highest BCUT2D eigenvalue weighted by atomic mass is 16.1. The van der Waals surface area contributed by atoms with Crippen LogP contribution in [0.2, 0.25) is 0 Å². The lowest BCUT2D eigenvalue weighted by atomic mass is 10.3. The predicted octanol–water partition coefficient (Wildman–Crippen LogP) is 1.18. The van der Waals surface area contributed by atoms with Crippen LogP contribution < -0.4 is 0 Å². The van der Waals surface area contributed by atoms with Crippen molar-refractivity contribution in [3.63, 3.8) is 0 Å². The molecule has 2 rings (SSSR count). The number of hydrogen-bond acceptors (Lipinski definition) is 3. The van der Waals surface area contributed by atoms with Gasteiger partial charge in [0.25, 0.3) is 0 Å². The van der Waals surface area contributed by atoms with Gasteiger partial charge >= 0.3 is 0 Å². The van der Waals surface area contributed by atoms with Gasteiger partial charge in [0.15, 0.2) is 6.29 Å². The fraction of sp³-hybridized carbons (Fsp3) is 0. The van der Waals surface area contributed by atoms with Crippen LogP contribution >= 0.6 is 0 Å². The maximum absolute atomic E-state index is 10.0. The summed E-state index contributed by atoms with van der Waals surface area (Å²) in [6, 6.07) is 7.51. The zero-order valence-corrected chi connectivity index (χ0v) is 7.27. The van der Waals surface area contributed by atoms with E-state index >= 15 is 0 Å². The van der Waals surface area contributed by atoms with Gasteiger partial charge in [0.1, 0.15) is 5.69 Å². The van der Waals surface area contributed by atoms with Crippen molar-refractivity contribution in [2.45, 2.75) is 0 Å². The van der Waals surface area contributed by atoms with Crippen molar-refractivity contribution in [3.8, 4) is 11.8 Å². The van der Waals surface area contributed by atoms with Gasteiger partial charge in [-0.25, -0.2) is 4.98 Å². The topological polar surface area (TPSA) is 42.9 Å². The molecule has 1 aromatic carbocycles.